The number of carbonyl (C=O) groups excluding carboxylic acids is 8. The standard InChI is InChI=1S/C21H15BrN2O3S2.C21H10N4O2S3.C21H15N3O3S3.C20H13ClN2O3S2.2CH4/c1-10-3-4-16-13(5-10)14(9-23-16)17(25)8-18-20(27)24(21(28)29-18)12-6-11(2)19(26)15(22)7-12;1-22-11-2-4-15-13(6-11)14(9-23-15)17(26)8-19-20(27)25(21(28)30-19)12-3-5-16-18(7-12)29-10-24-16;1-27-12-3-5-15-13(7-12)14(9-22-15)17(25)8-19-20(26)24(21(28)30-19)11-2-4-16-18(6-11)29-10-23-16;1-10-6-11(7-14(21)18(10)25)23-19(26)17(28-20(23)27)8-16(24)13-9-22-15-5-3-2-4-12(13)15;;/h3-9,23,26H,1-2H3;2-10,23H;2-8,10,14,22H,9H2,1H3;2-9,22,25H,1H3;2*1H4/b18-8-;2*19-8-;17-8-;;. The van der Waals surface area contributed by atoms with Crippen molar-refractivity contribution in [3.05, 3.63) is 273 Å². The van der Waals surface area contributed by atoms with Crippen LogP contribution in [0.5, 0.6) is 17.2 Å². The minimum absolute atomic E-state index is 0. The quantitative estimate of drug-likeness (QED) is 0.0271. The Labute approximate surface area is 739 Å². The van der Waals surface area contributed by atoms with Crippen molar-refractivity contribution < 1.29 is 53.3 Å². The number of aromatic hydroxyl groups is 2. The van der Waals surface area contributed by atoms with Crippen molar-refractivity contribution in [2.45, 2.75) is 41.5 Å². The number of phenols is 2. The van der Waals surface area contributed by atoms with Gasteiger partial charge < -0.3 is 35.2 Å². The number of thiazole rings is 2. The van der Waals surface area contributed by atoms with E-state index in [0.717, 1.165) is 112 Å². The van der Waals surface area contributed by atoms with E-state index in [4.69, 9.17) is 71.8 Å². The molecule has 1 atom stereocenters. The lowest BCUT2D eigenvalue weighted by Crippen LogP contribution is -2.27. The summed E-state index contributed by atoms with van der Waals surface area (Å²) in [6.45, 7) is 13.0. The molecule has 34 heteroatoms. The van der Waals surface area contributed by atoms with Gasteiger partial charge in [-0.3, -0.25) is 58.0 Å². The summed E-state index contributed by atoms with van der Waals surface area (Å²) < 4.78 is 9.09. The van der Waals surface area contributed by atoms with Gasteiger partial charge in [-0.2, -0.15) is 0 Å². The third kappa shape index (κ3) is 17.3. The highest BCUT2D eigenvalue weighted by Crippen LogP contribution is 2.45. The summed E-state index contributed by atoms with van der Waals surface area (Å²) in [7, 11) is 1.59. The van der Waals surface area contributed by atoms with Crippen molar-refractivity contribution >= 4 is 297 Å². The van der Waals surface area contributed by atoms with E-state index in [0.29, 0.717) is 101 Å². The first kappa shape index (κ1) is 85.8. The van der Waals surface area contributed by atoms with E-state index in [1.807, 2.05) is 97.9 Å². The van der Waals surface area contributed by atoms with Gasteiger partial charge in [0.25, 0.3) is 23.6 Å². The Bertz CT molecular complexity index is 6700. The topological polar surface area (TPSA) is 289 Å². The molecule has 10 heterocycles. The number of benzene rings is 8. The molecule has 4 fully saturated rings. The van der Waals surface area contributed by atoms with Crippen LogP contribution in [0.25, 0.3) is 58.0 Å². The summed E-state index contributed by atoms with van der Waals surface area (Å²) in [5.41, 5.74) is 15.9. The molecule has 0 bridgehead atoms. The molecule has 13 aromatic rings. The van der Waals surface area contributed by atoms with Gasteiger partial charge in [-0.25, -0.2) is 14.8 Å². The highest BCUT2D eigenvalue weighted by atomic mass is 79.9. The highest BCUT2D eigenvalue weighted by molar-refractivity contribution is 9.10. The fourth-order valence-corrected chi connectivity index (χ4v) is 20.3. The zero-order valence-corrected chi connectivity index (χ0v) is 71.3. The number of H-pyrrole nitrogens is 3. The number of phenolic OH excluding ortho intramolecular Hbond substituents is 2. The fraction of sp³-hybridized carbons (Fsp3) is 0.0941. The number of hydrogen-bond donors (Lipinski definition) is 6. The number of aryl methyl sites for hydroxylation is 3. The Morgan fingerprint density at radius 1 is 0.546 bits per heavy atom. The summed E-state index contributed by atoms with van der Waals surface area (Å²) in [6, 6.07) is 41.5. The minimum Gasteiger partial charge on any atom is -0.506 e. The number of thiocarbonyl (C=S) groups is 4. The first-order valence-electron chi connectivity index (χ1n) is 34.7. The number of hydrogen-bond acceptors (Lipinski definition) is 24. The first-order valence-corrected chi connectivity index (χ1v) is 42.5. The Balaban J connectivity index is 0.000000137. The highest BCUT2D eigenvalue weighted by Gasteiger charge is 2.40. The van der Waals surface area contributed by atoms with Gasteiger partial charge in [0.15, 0.2) is 46.1 Å². The van der Waals surface area contributed by atoms with Crippen LogP contribution in [0, 0.1) is 27.3 Å². The van der Waals surface area contributed by atoms with E-state index < -0.39 is 5.91 Å². The number of allylic oxidation sites excluding steroid dienone is 4. The number of nitrogens with one attached hydrogen (secondary N) is 4. The number of halogens is 2. The molecule has 22 nitrogen and oxygen atoms in total. The van der Waals surface area contributed by atoms with Crippen molar-refractivity contribution in [1.29, 1.82) is 0 Å². The lowest BCUT2D eigenvalue weighted by Gasteiger charge is -2.16. The van der Waals surface area contributed by atoms with Crippen molar-refractivity contribution in [1.82, 2.24) is 24.9 Å². The van der Waals surface area contributed by atoms with Gasteiger partial charge in [0.2, 0.25) is 0 Å². The van der Waals surface area contributed by atoms with Crippen molar-refractivity contribution in [2.24, 2.45) is 0 Å². The van der Waals surface area contributed by atoms with Crippen LogP contribution in [0.1, 0.15) is 74.1 Å². The molecule has 5 aliphatic rings. The van der Waals surface area contributed by atoms with E-state index in [1.54, 1.807) is 93.0 Å². The maximum atomic E-state index is 13.0. The lowest BCUT2D eigenvalue weighted by molar-refractivity contribution is -0.117. The van der Waals surface area contributed by atoms with Gasteiger partial charge in [-0.1, -0.05) is 158 Å². The van der Waals surface area contributed by atoms with Gasteiger partial charge in [0.05, 0.1) is 103 Å². The summed E-state index contributed by atoms with van der Waals surface area (Å²) in [5.74, 6) is -1.96. The molecular formula is C85H61BrClN11O11S10. The summed E-state index contributed by atoms with van der Waals surface area (Å²) in [6.07, 6.45) is 10.3. The molecule has 6 N–H and O–H groups in total. The number of anilines is 5. The smallest absolute Gasteiger partial charge is 0.270 e. The van der Waals surface area contributed by atoms with Crippen LogP contribution in [0.4, 0.5) is 34.1 Å². The third-order valence-corrected chi connectivity index (χ3v) is 26.6. The van der Waals surface area contributed by atoms with Gasteiger partial charge in [0.1, 0.15) is 17.2 Å². The number of amides is 4. The van der Waals surface area contributed by atoms with Crippen LogP contribution >= 0.6 is 146 Å². The number of aromatic nitrogens is 5. The van der Waals surface area contributed by atoms with Crippen molar-refractivity contribution in [3.8, 4) is 17.2 Å². The van der Waals surface area contributed by atoms with Gasteiger partial charge >= 0.3 is 0 Å². The second-order valence-corrected chi connectivity index (χ2v) is 35.9. The maximum absolute atomic E-state index is 13.0. The molecule has 18 rings (SSSR count). The molecule has 119 heavy (non-hydrogen) atoms. The predicted octanol–water partition coefficient (Wildman–Crippen LogP) is 21.4. The molecule has 4 amide bonds. The SMILES string of the molecule is C.C.COc1ccc2c(c1)C(C(=O)/C=C1\SC(=S)N(c3ccc4ncsc4c3)C1=O)CN2.Cc1cc(N2C(=O)/C(=C/C(=O)c3c[nH]c4ccccc34)SC2=S)cc(Cl)c1O.Cc1ccc2[nH]cc(C(=O)/C=C3\SC(=S)N(c4cc(C)c(O)c(Br)c4)C3=O)c2c1.[C-]#[N+]c1ccc2[nH]cc(C(=O)/C=C3\SC(=S)N(c4ccc5ncsc5c4)C3=O)c2c1. The number of ether oxygens (including phenoxy) is 1. The second-order valence-electron chi connectivity index (χ2n) is 26.2. The Hall–Kier alpha value is -11.1. The Morgan fingerprint density at radius 2 is 1.00 bits per heavy atom. The summed E-state index contributed by atoms with van der Waals surface area (Å²) in [5, 5.41) is 25.4. The molecule has 0 radical (unpaired) electrons. The largest absolute Gasteiger partial charge is 0.506 e. The van der Waals surface area contributed by atoms with Crippen molar-refractivity contribution in [2.75, 3.05) is 38.6 Å². The molecule has 0 spiro atoms. The molecule has 0 saturated carbocycles. The van der Waals surface area contributed by atoms with Gasteiger partial charge in [-0.05, 0) is 163 Å². The normalized spacial score (nSPS) is 16.3. The number of aromatic amines is 3. The second kappa shape index (κ2) is 35.8. The number of fused-ring (bicyclic) bond motifs is 6. The average Bonchev–Trinajstić information content (AvgIpc) is 1.65. The summed E-state index contributed by atoms with van der Waals surface area (Å²) in [4.78, 5) is 131. The summed E-state index contributed by atoms with van der Waals surface area (Å²) >= 11 is 38.2. The first-order chi connectivity index (χ1) is 56.2. The zero-order valence-electron chi connectivity index (χ0n) is 60.8. The van der Waals surface area contributed by atoms with Gasteiger partial charge in [-0.15, -0.1) is 22.7 Å². The van der Waals surface area contributed by atoms with Gasteiger partial charge in [0, 0.05) is 105 Å². The van der Waals surface area contributed by atoms with Crippen molar-refractivity contribution in [3.63, 3.8) is 0 Å². The molecule has 5 aromatic heterocycles. The van der Waals surface area contributed by atoms with Crippen LogP contribution in [-0.2, 0) is 24.0 Å². The van der Waals surface area contributed by atoms with E-state index in [9.17, 15) is 48.6 Å². The van der Waals surface area contributed by atoms with E-state index in [2.05, 4.69) is 51.0 Å². The number of rotatable bonds is 13. The molecule has 1 unspecified atom stereocenters. The average molecular weight is 1850 g/mol. The van der Waals surface area contributed by atoms with E-state index >= 15 is 0 Å². The molecule has 4 saturated heterocycles. The third-order valence-electron chi connectivity index (χ3n) is 18.9. The fourth-order valence-electron chi connectivity index (χ4n) is 13.0. The van der Waals surface area contributed by atoms with E-state index in [-0.39, 0.29) is 92.9 Å². The maximum Gasteiger partial charge on any atom is 0.270 e. The number of nitrogens with zero attached hydrogens (tertiary/aromatic N) is 7. The number of para-hydroxylation sites is 1. The molecule has 596 valence electrons. The molecule has 8 aromatic carbocycles. The minimum atomic E-state index is -0.399. The molecule has 5 aliphatic heterocycles. The predicted molar refractivity (Wildman–Crippen MR) is 502 cm³/mol. The van der Waals surface area contributed by atoms with Crippen LogP contribution in [0.2, 0.25) is 5.02 Å². The monoisotopic (exact) mass is 1850 g/mol. The van der Waals surface area contributed by atoms with E-state index in [1.165, 1.54) is 72.6 Å². The van der Waals surface area contributed by atoms with Crippen LogP contribution < -0.4 is 29.7 Å². The number of ketones is 4. The Morgan fingerprint density at radius 3 is 1.50 bits per heavy atom. The molecule has 0 aliphatic carbocycles. The zero-order chi connectivity index (χ0) is 82.5. The molecular weight excluding hydrogens is 1790 g/mol. The lowest BCUT2D eigenvalue weighted by atomic mass is 9.96. The van der Waals surface area contributed by atoms with Crippen LogP contribution in [-0.4, -0.2) is 113 Å². The number of methoxy groups -OCH3 is 1. The Kier molecular flexibility index (Phi) is 25.8. The van der Waals surface area contributed by atoms with Crippen LogP contribution in [0.3, 0.4) is 0 Å². The van der Waals surface area contributed by atoms with Crippen LogP contribution in [0.15, 0.2) is 218 Å². The number of carbonyl (C=O) groups is 8. The number of thioether (sulfide) groups is 4.